The second kappa shape index (κ2) is 6.08. The molecule has 3 heteroatoms. The first-order chi connectivity index (χ1) is 13.6. The summed E-state index contributed by atoms with van der Waals surface area (Å²) in [7, 11) is -2.81. The molecule has 3 aliphatic rings. The maximum Gasteiger partial charge on any atom is 0.108 e. The van der Waals surface area contributed by atoms with Crippen LogP contribution in [0, 0.1) is 23.2 Å². The molecule has 154 valence electrons. The fourth-order valence-corrected chi connectivity index (χ4v) is 12.3. The zero-order valence-electron chi connectivity index (χ0n) is 18.0. The molecule has 29 heavy (non-hydrogen) atoms. The smallest absolute Gasteiger partial charge is 0.108 e. The largest absolute Gasteiger partial charge is 0.389 e. The molecule has 0 radical (unpaired) electrons. The van der Waals surface area contributed by atoms with Crippen LogP contribution in [0.5, 0.6) is 0 Å². The summed E-state index contributed by atoms with van der Waals surface area (Å²) in [6.45, 7) is 8.95. The summed E-state index contributed by atoms with van der Waals surface area (Å²) in [4.78, 5) is 0. The Balaban J connectivity index is 1.68. The SMILES string of the molecule is CC1(C)[C@H]2C[C@@H]3[C@@](C)(O)[C@@H](c4ccccc4)[P@@](=O)(Cc4ccccc4)[C@@]3(C)C[C@@H]21. The highest BCUT2D eigenvalue weighted by Gasteiger charge is 2.76. The van der Waals surface area contributed by atoms with Crippen LogP contribution in [0.2, 0.25) is 0 Å². The van der Waals surface area contributed by atoms with Crippen LogP contribution < -0.4 is 0 Å². The Morgan fingerprint density at radius 3 is 2.14 bits per heavy atom. The number of rotatable bonds is 3. The van der Waals surface area contributed by atoms with E-state index < -0.39 is 12.7 Å². The fourth-order valence-electron chi connectivity index (χ4n) is 7.36. The Kier molecular flexibility index (Phi) is 4.11. The molecule has 1 heterocycles. The zero-order chi connectivity index (χ0) is 20.7. The molecule has 3 fully saturated rings. The zero-order valence-corrected chi connectivity index (χ0v) is 18.9. The molecule has 7 atom stereocenters. The van der Waals surface area contributed by atoms with Crippen LogP contribution >= 0.6 is 7.14 Å². The van der Waals surface area contributed by atoms with Gasteiger partial charge in [0.15, 0.2) is 0 Å². The van der Waals surface area contributed by atoms with Crippen molar-refractivity contribution in [3.05, 3.63) is 71.8 Å². The third kappa shape index (κ3) is 2.55. The molecular formula is C26H33O2P. The van der Waals surface area contributed by atoms with Gasteiger partial charge in [0.25, 0.3) is 0 Å². The summed E-state index contributed by atoms with van der Waals surface area (Å²) in [6, 6.07) is 20.5. The quantitative estimate of drug-likeness (QED) is 0.589. The molecule has 1 saturated heterocycles. The first kappa shape index (κ1) is 19.6. The van der Waals surface area contributed by atoms with Crippen molar-refractivity contribution in [1.29, 1.82) is 0 Å². The van der Waals surface area contributed by atoms with Crippen LogP contribution in [-0.2, 0) is 10.7 Å². The average Bonchev–Trinajstić information content (AvgIpc) is 3.16. The maximum absolute atomic E-state index is 15.2. The normalized spacial score (nSPS) is 44.7. The van der Waals surface area contributed by atoms with Gasteiger partial charge < -0.3 is 9.67 Å². The lowest BCUT2D eigenvalue weighted by Crippen LogP contribution is -2.44. The van der Waals surface area contributed by atoms with Crippen LogP contribution in [0.4, 0.5) is 0 Å². The van der Waals surface area contributed by atoms with Crippen molar-refractivity contribution in [2.45, 2.75) is 63.1 Å². The molecule has 0 spiro atoms. The van der Waals surface area contributed by atoms with E-state index in [1.165, 1.54) is 0 Å². The summed E-state index contributed by atoms with van der Waals surface area (Å²) in [5, 5.41) is 11.7. The Hall–Kier alpha value is -1.37. The summed E-state index contributed by atoms with van der Waals surface area (Å²) in [6.07, 6.45) is 2.57. The van der Waals surface area contributed by atoms with E-state index in [0.29, 0.717) is 23.4 Å². The fraction of sp³-hybridized carbons (Fsp3) is 0.538. The third-order valence-electron chi connectivity index (χ3n) is 9.08. The Morgan fingerprint density at radius 1 is 0.931 bits per heavy atom. The predicted octanol–water partition coefficient (Wildman–Crippen LogP) is 6.50. The van der Waals surface area contributed by atoms with Crippen molar-refractivity contribution in [3.63, 3.8) is 0 Å². The standard InChI is InChI=1S/C26H33O2P/c1-24(2)20-15-22-25(3,16-21(20)24)29(28,17-18-11-7-5-8-12-18)23(26(22,4)27)19-13-9-6-10-14-19/h5-14,20-23,27H,15-17H2,1-4H3/t20-,21-,22-,23+,25-,26+,29-/m0/s1. The molecular weight excluding hydrogens is 375 g/mol. The van der Waals surface area contributed by atoms with E-state index in [9.17, 15) is 5.11 Å². The van der Waals surface area contributed by atoms with Crippen molar-refractivity contribution in [2.24, 2.45) is 23.2 Å². The van der Waals surface area contributed by atoms with Crippen molar-refractivity contribution < 1.29 is 9.67 Å². The van der Waals surface area contributed by atoms with Gasteiger partial charge >= 0.3 is 0 Å². The van der Waals surface area contributed by atoms with Gasteiger partial charge in [-0.1, -0.05) is 81.4 Å². The van der Waals surface area contributed by atoms with E-state index in [1.54, 1.807) is 0 Å². The number of fused-ring (bicyclic) bond motifs is 2. The molecule has 0 bridgehead atoms. The lowest BCUT2D eigenvalue weighted by molar-refractivity contribution is -0.0195. The van der Waals surface area contributed by atoms with Crippen molar-refractivity contribution in [3.8, 4) is 0 Å². The van der Waals surface area contributed by atoms with Crippen LogP contribution in [0.1, 0.15) is 57.3 Å². The lowest BCUT2D eigenvalue weighted by Gasteiger charge is -2.42. The highest BCUT2D eigenvalue weighted by atomic mass is 31.2. The lowest BCUT2D eigenvalue weighted by atomic mass is 9.69. The van der Waals surface area contributed by atoms with Crippen molar-refractivity contribution >= 4 is 7.14 Å². The summed E-state index contributed by atoms with van der Waals surface area (Å²) in [5.41, 5.74) is 1.24. The van der Waals surface area contributed by atoms with E-state index in [-0.39, 0.29) is 16.7 Å². The second-order valence-electron chi connectivity index (χ2n) is 10.9. The van der Waals surface area contributed by atoms with Crippen LogP contribution in [0.3, 0.4) is 0 Å². The molecule has 2 nitrogen and oxygen atoms in total. The molecule has 0 aromatic heterocycles. The molecule has 0 unspecified atom stereocenters. The predicted molar refractivity (Wildman–Crippen MR) is 119 cm³/mol. The van der Waals surface area contributed by atoms with E-state index in [4.69, 9.17) is 0 Å². The van der Waals surface area contributed by atoms with Gasteiger partial charge in [0.2, 0.25) is 0 Å². The molecule has 1 N–H and O–H groups in total. The van der Waals surface area contributed by atoms with Crippen LogP contribution in [0.15, 0.2) is 60.7 Å². The van der Waals surface area contributed by atoms with Crippen LogP contribution in [0.25, 0.3) is 0 Å². The molecule has 2 aliphatic carbocycles. The summed E-state index contributed by atoms with van der Waals surface area (Å²) < 4.78 is 15.2. The first-order valence-electron chi connectivity index (χ1n) is 11.0. The van der Waals surface area contributed by atoms with Gasteiger partial charge in [0.1, 0.15) is 7.14 Å². The Labute approximate surface area is 175 Å². The topological polar surface area (TPSA) is 37.3 Å². The van der Waals surface area contributed by atoms with Crippen molar-refractivity contribution in [2.75, 3.05) is 0 Å². The highest BCUT2D eigenvalue weighted by molar-refractivity contribution is 7.65. The van der Waals surface area contributed by atoms with E-state index >= 15 is 4.57 Å². The van der Waals surface area contributed by atoms with E-state index in [2.05, 4.69) is 45.0 Å². The van der Waals surface area contributed by atoms with Crippen molar-refractivity contribution in [1.82, 2.24) is 0 Å². The van der Waals surface area contributed by atoms with Gasteiger partial charge in [-0.25, -0.2) is 0 Å². The molecule has 5 rings (SSSR count). The van der Waals surface area contributed by atoms with Gasteiger partial charge in [-0.3, -0.25) is 0 Å². The highest BCUT2D eigenvalue weighted by Crippen LogP contribution is 2.87. The number of benzene rings is 2. The number of hydrogen-bond donors (Lipinski definition) is 1. The monoisotopic (exact) mass is 408 g/mol. The molecule has 1 aliphatic heterocycles. The first-order valence-corrected chi connectivity index (χ1v) is 13.0. The third-order valence-corrected chi connectivity index (χ3v) is 13.8. The Bertz CT molecular complexity index is 965. The van der Waals surface area contributed by atoms with Gasteiger partial charge in [-0.15, -0.1) is 0 Å². The molecule has 2 saturated carbocycles. The summed E-state index contributed by atoms with van der Waals surface area (Å²) in [5.74, 6) is 1.38. The van der Waals surface area contributed by atoms with Gasteiger partial charge in [0.05, 0.1) is 11.3 Å². The van der Waals surface area contributed by atoms with E-state index in [1.807, 2.05) is 43.3 Å². The second-order valence-corrected chi connectivity index (χ2v) is 14.3. The minimum Gasteiger partial charge on any atom is -0.389 e. The van der Waals surface area contributed by atoms with Crippen LogP contribution in [-0.4, -0.2) is 15.9 Å². The molecule has 2 aromatic rings. The minimum absolute atomic E-state index is 0.0813. The maximum atomic E-state index is 15.2. The average molecular weight is 409 g/mol. The van der Waals surface area contributed by atoms with Gasteiger partial charge in [0, 0.05) is 17.2 Å². The van der Waals surface area contributed by atoms with E-state index in [0.717, 1.165) is 24.0 Å². The van der Waals surface area contributed by atoms with Gasteiger partial charge in [-0.2, -0.15) is 0 Å². The van der Waals surface area contributed by atoms with Gasteiger partial charge in [-0.05, 0) is 48.1 Å². The minimum atomic E-state index is -2.81. The molecule has 0 amide bonds. The summed E-state index contributed by atoms with van der Waals surface area (Å²) >= 11 is 0. The number of aliphatic hydroxyl groups is 1. The Morgan fingerprint density at radius 2 is 1.52 bits per heavy atom. The molecule has 2 aromatic carbocycles. The number of hydrogen-bond acceptors (Lipinski definition) is 2.